The Labute approximate surface area is 179 Å². The molecule has 0 radical (unpaired) electrons. The van der Waals surface area contributed by atoms with E-state index in [0.29, 0.717) is 12.2 Å². The van der Waals surface area contributed by atoms with Crippen molar-refractivity contribution in [1.29, 1.82) is 0 Å². The Bertz CT molecular complexity index is 1070. The number of halogens is 3. The van der Waals surface area contributed by atoms with Crippen molar-refractivity contribution in [2.45, 2.75) is 26.3 Å². The Hall–Kier alpha value is -3.01. The molecule has 2 aromatic rings. The molecule has 0 saturated carbocycles. The van der Waals surface area contributed by atoms with E-state index in [2.05, 4.69) is 5.32 Å². The highest BCUT2D eigenvalue weighted by molar-refractivity contribution is 7.92. The average Bonchev–Trinajstić information content (AvgIpc) is 2.67. The highest BCUT2D eigenvalue weighted by Crippen LogP contribution is 2.25. The number of hydrogen-bond acceptors (Lipinski definition) is 4. The standard InChI is InChI=1S/C21H23F3N2O4S/c1-4-9-30-19-12-16(22)7-5-14(19)6-8-20(27)25-13(2)15-10-17(23)21(18(24)11-15)26-31(3,28)29/h5-8,10-13,26H,4,9H2,1-3H3,(H,25,27)/b8-6-/t13-/m1/s1. The smallest absolute Gasteiger partial charge is 0.244 e. The van der Waals surface area contributed by atoms with E-state index in [1.54, 1.807) is 4.72 Å². The summed E-state index contributed by atoms with van der Waals surface area (Å²) in [6.07, 6.45) is 4.12. The summed E-state index contributed by atoms with van der Waals surface area (Å²) >= 11 is 0. The minimum Gasteiger partial charge on any atom is -0.493 e. The van der Waals surface area contributed by atoms with Crippen molar-refractivity contribution < 1.29 is 31.1 Å². The van der Waals surface area contributed by atoms with Crippen molar-refractivity contribution in [2.24, 2.45) is 0 Å². The molecule has 0 aromatic heterocycles. The molecule has 0 spiro atoms. The number of carbonyl (C=O) groups excluding carboxylic acids is 1. The summed E-state index contributed by atoms with van der Waals surface area (Å²) in [5.41, 5.74) is -0.198. The molecule has 0 aliphatic rings. The van der Waals surface area contributed by atoms with E-state index in [-0.39, 0.29) is 11.3 Å². The predicted molar refractivity (Wildman–Crippen MR) is 113 cm³/mol. The van der Waals surface area contributed by atoms with Crippen LogP contribution < -0.4 is 14.8 Å². The molecule has 10 heteroatoms. The van der Waals surface area contributed by atoms with Crippen molar-refractivity contribution in [3.63, 3.8) is 0 Å². The molecule has 0 aliphatic carbocycles. The second kappa shape index (κ2) is 10.3. The van der Waals surface area contributed by atoms with Crippen molar-refractivity contribution in [2.75, 3.05) is 17.6 Å². The van der Waals surface area contributed by atoms with Gasteiger partial charge in [-0.15, -0.1) is 0 Å². The van der Waals surface area contributed by atoms with Gasteiger partial charge in [0.2, 0.25) is 15.9 Å². The maximum atomic E-state index is 14.1. The van der Waals surface area contributed by atoms with Gasteiger partial charge in [0.25, 0.3) is 0 Å². The molecule has 0 bridgehead atoms. The van der Waals surface area contributed by atoms with E-state index in [9.17, 15) is 26.4 Å². The van der Waals surface area contributed by atoms with E-state index in [4.69, 9.17) is 4.74 Å². The molecule has 2 N–H and O–H groups in total. The van der Waals surface area contributed by atoms with Gasteiger partial charge in [0.15, 0.2) is 11.6 Å². The van der Waals surface area contributed by atoms with Gasteiger partial charge in [-0.25, -0.2) is 21.6 Å². The summed E-state index contributed by atoms with van der Waals surface area (Å²) in [7, 11) is -3.86. The summed E-state index contributed by atoms with van der Waals surface area (Å²) in [6, 6.07) is 5.00. The number of sulfonamides is 1. The van der Waals surface area contributed by atoms with Crippen LogP contribution in [0.4, 0.5) is 18.9 Å². The lowest BCUT2D eigenvalue weighted by Gasteiger charge is -2.15. The van der Waals surface area contributed by atoms with Crippen LogP contribution >= 0.6 is 0 Å². The third-order valence-electron chi connectivity index (χ3n) is 4.06. The fourth-order valence-electron chi connectivity index (χ4n) is 2.62. The quantitative estimate of drug-likeness (QED) is 0.555. The number of ether oxygens (including phenoxy) is 1. The molecule has 31 heavy (non-hydrogen) atoms. The van der Waals surface area contributed by atoms with Crippen LogP contribution in [0.25, 0.3) is 6.08 Å². The van der Waals surface area contributed by atoms with Gasteiger partial charge >= 0.3 is 0 Å². The van der Waals surface area contributed by atoms with Crippen LogP contribution in [0.2, 0.25) is 0 Å². The van der Waals surface area contributed by atoms with Crippen molar-refractivity contribution in [3.05, 3.63) is 65.0 Å². The zero-order valence-electron chi connectivity index (χ0n) is 17.2. The predicted octanol–water partition coefficient (Wildman–Crippen LogP) is 4.15. The molecular weight excluding hydrogens is 433 g/mol. The highest BCUT2D eigenvalue weighted by Gasteiger charge is 2.18. The van der Waals surface area contributed by atoms with Crippen LogP contribution in [-0.4, -0.2) is 27.2 Å². The largest absolute Gasteiger partial charge is 0.493 e. The van der Waals surface area contributed by atoms with Gasteiger partial charge < -0.3 is 10.1 Å². The van der Waals surface area contributed by atoms with Gasteiger partial charge in [-0.05, 0) is 49.2 Å². The molecule has 2 rings (SSSR count). The summed E-state index contributed by atoms with van der Waals surface area (Å²) in [6.45, 7) is 3.80. The number of nitrogens with one attached hydrogen (secondary N) is 2. The minimum absolute atomic E-state index is 0.101. The lowest BCUT2D eigenvalue weighted by atomic mass is 10.1. The lowest BCUT2D eigenvalue weighted by molar-refractivity contribution is -0.117. The SMILES string of the molecule is CCCOc1cc(F)ccc1/C=C\C(=O)N[C@H](C)c1cc(F)c(NS(C)(=O)=O)c(F)c1. The van der Waals surface area contributed by atoms with E-state index in [1.807, 2.05) is 6.92 Å². The molecule has 168 valence electrons. The molecule has 0 fully saturated rings. The van der Waals surface area contributed by atoms with Crippen LogP contribution in [0.15, 0.2) is 36.4 Å². The van der Waals surface area contributed by atoms with Crippen molar-refractivity contribution in [1.82, 2.24) is 5.32 Å². The maximum absolute atomic E-state index is 14.1. The normalized spacial score (nSPS) is 12.6. The van der Waals surface area contributed by atoms with Crippen LogP contribution in [0.5, 0.6) is 5.75 Å². The monoisotopic (exact) mass is 456 g/mol. The van der Waals surface area contributed by atoms with E-state index >= 15 is 0 Å². The first-order valence-electron chi connectivity index (χ1n) is 9.37. The topological polar surface area (TPSA) is 84.5 Å². The van der Waals surface area contributed by atoms with Crippen LogP contribution in [0, 0.1) is 17.5 Å². The van der Waals surface area contributed by atoms with Gasteiger partial charge in [0, 0.05) is 17.7 Å². The third-order valence-corrected chi connectivity index (χ3v) is 4.64. The molecule has 0 heterocycles. The number of anilines is 1. The molecule has 0 unspecified atom stereocenters. The van der Waals surface area contributed by atoms with E-state index in [0.717, 1.165) is 24.8 Å². The molecule has 6 nitrogen and oxygen atoms in total. The van der Waals surface area contributed by atoms with E-state index in [1.165, 1.54) is 37.3 Å². The van der Waals surface area contributed by atoms with Crippen LogP contribution in [-0.2, 0) is 14.8 Å². The molecule has 0 saturated heterocycles. The molecular formula is C21H23F3N2O4S. The fourth-order valence-corrected chi connectivity index (χ4v) is 3.18. The molecule has 1 amide bonds. The zero-order chi connectivity index (χ0) is 23.2. The molecule has 1 atom stereocenters. The van der Waals surface area contributed by atoms with Gasteiger partial charge in [0.1, 0.15) is 17.3 Å². The Balaban J connectivity index is 2.13. The van der Waals surface area contributed by atoms with Gasteiger partial charge in [-0.2, -0.15) is 0 Å². The minimum atomic E-state index is -3.86. The Morgan fingerprint density at radius 1 is 1.16 bits per heavy atom. The lowest BCUT2D eigenvalue weighted by Crippen LogP contribution is -2.25. The van der Waals surface area contributed by atoms with Crippen LogP contribution in [0.1, 0.15) is 37.4 Å². The maximum Gasteiger partial charge on any atom is 0.244 e. The summed E-state index contributed by atoms with van der Waals surface area (Å²) < 4.78 is 71.4. The highest BCUT2D eigenvalue weighted by atomic mass is 32.2. The summed E-state index contributed by atoms with van der Waals surface area (Å²) in [5, 5.41) is 2.55. The second-order valence-corrected chi connectivity index (χ2v) is 8.58. The first-order valence-corrected chi connectivity index (χ1v) is 11.3. The van der Waals surface area contributed by atoms with Crippen LogP contribution in [0.3, 0.4) is 0 Å². The second-order valence-electron chi connectivity index (χ2n) is 6.83. The summed E-state index contributed by atoms with van der Waals surface area (Å²) in [5.74, 6) is -2.96. The van der Waals surface area contributed by atoms with E-state index < -0.39 is 45.1 Å². The first-order chi connectivity index (χ1) is 14.5. The Morgan fingerprint density at radius 3 is 2.39 bits per heavy atom. The number of benzene rings is 2. The third kappa shape index (κ3) is 7.32. The molecule has 2 aromatic carbocycles. The fraction of sp³-hybridized carbons (Fsp3) is 0.286. The van der Waals surface area contributed by atoms with Gasteiger partial charge in [-0.1, -0.05) is 6.92 Å². The first kappa shape index (κ1) is 24.3. The number of hydrogen-bond donors (Lipinski definition) is 2. The average molecular weight is 456 g/mol. The van der Waals surface area contributed by atoms with Crippen molar-refractivity contribution >= 4 is 27.7 Å². The molecule has 0 aliphatic heterocycles. The number of rotatable bonds is 9. The zero-order valence-corrected chi connectivity index (χ0v) is 18.0. The number of amides is 1. The van der Waals surface area contributed by atoms with Gasteiger partial charge in [0.05, 0.1) is 18.9 Å². The van der Waals surface area contributed by atoms with Crippen molar-refractivity contribution in [3.8, 4) is 5.75 Å². The number of carbonyl (C=O) groups is 1. The summed E-state index contributed by atoms with van der Waals surface area (Å²) in [4.78, 5) is 12.2. The Kier molecular flexibility index (Phi) is 8.09. The van der Waals surface area contributed by atoms with Gasteiger partial charge in [-0.3, -0.25) is 9.52 Å². The Morgan fingerprint density at radius 2 is 1.81 bits per heavy atom.